The summed E-state index contributed by atoms with van der Waals surface area (Å²) in [4.78, 5) is 22.5. The molecule has 7 heteroatoms. The van der Waals surface area contributed by atoms with Gasteiger partial charge in [0, 0.05) is 12.2 Å². The van der Waals surface area contributed by atoms with E-state index >= 15 is 0 Å². The Morgan fingerprint density at radius 1 is 0.885 bits per heavy atom. The number of ether oxygens (including phenoxy) is 2. The number of aliphatic carboxylic acids is 1. The van der Waals surface area contributed by atoms with Crippen LogP contribution in [0, 0.1) is 0 Å². The van der Waals surface area contributed by atoms with Gasteiger partial charge in [-0.2, -0.15) is 0 Å². The van der Waals surface area contributed by atoms with E-state index in [2.05, 4.69) is 0 Å². The van der Waals surface area contributed by atoms with Crippen LogP contribution in [0.5, 0.6) is 23.0 Å². The minimum Gasteiger partial charge on any atom is -0.504 e. The fraction of sp³-hybridized carbons (Fsp3) is 0.0526. The maximum atomic E-state index is 11.9. The first-order valence-electron chi connectivity index (χ1n) is 7.40. The number of carbonyl (C=O) groups is 2. The molecular weight excluding hydrogens is 340 g/mol. The molecule has 3 N–H and O–H groups in total. The second-order valence-electron chi connectivity index (χ2n) is 5.08. The molecule has 26 heavy (non-hydrogen) atoms. The van der Waals surface area contributed by atoms with E-state index in [0.29, 0.717) is 11.1 Å². The first-order valence-corrected chi connectivity index (χ1v) is 7.40. The van der Waals surface area contributed by atoms with Gasteiger partial charge in [-0.3, -0.25) is 0 Å². The van der Waals surface area contributed by atoms with Crippen molar-refractivity contribution >= 4 is 24.1 Å². The molecule has 0 aliphatic rings. The average Bonchev–Trinajstić information content (AvgIpc) is 2.61. The Kier molecular flexibility index (Phi) is 6.00. The van der Waals surface area contributed by atoms with E-state index in [-0.39, 0.29) is 23.0 Å². The third kappa shape index (κ3) is 5.13. The van der Waals surface area contributed by atoms with Gasteiger partial charge in [0.05, 0.1) is 7.11 Å². The van der Waals surface area contributed by atoms with E-state index in [1.807, 2.05) is 0 Å². The number of hydrogen-bond acceptors (Lipinski definition) is 6. The molecule has 0 bridgehead atoms. The molecule has 0 amide bonds. The van der Waals surface area contributed by atoms with Crippen LogP contribution in [0.4, 0.5) is 0 Å². The van der Waals surface area contributed by atoms with Crippen molar-refractivity contribution in [3.63, 3.8) is 0 Å². The zero-order valence-corrected chi connectivity index (χ0v) is 13.7. The Morgan fingerprint density at radius 3 is 2.19 bits per heavy atom. The zero-order valence-electron chi connectivity index (χ0n) is 13.7. The van der Waals surface area contributed by atoms with Crippen LogP contribution in [0.1, 0.15) is 11.1 Å². The van der Waals surface area contributed by atoms with Crippen LogP contribution in [0.15, 0.2) is 48.6 Å². The number of hydrogen-bond donors (Lipinski definition) is 3. The highest BCUT2D eigenvalue weighted by molar-refractivity contribution is 5.89. The predicted molar refractivity (Wildman–Crippen MR) is 94.1 cm³/mol. The summed E-state index contributed by atoms with van der Waals surface area (Å²) in [6, 6.07) is 8.70. The highest BCUT2D eigenvalue weighted by atomic mass is 16.6. The van der Waals surface area contributed by atoms with Crippen molar-refractivity contribution in [2.75, 3.05) is 7.11 Å². The fourth-order valence-corrected chi connectivity index (χ4v) is 1.99. The summed E-state index contributed by atoms with van der Waals surface area (Å²) in [6.45, 7) is 0. The molecular formula is C19H16O7. The maximum Gasteiger partial charge on any atom is 0.336 e. The molecule has 0 heterocycles. The van der Waals surface area contributed by atoms with Crippen LogP contribution in [0.3, 0.4) is 0 Å². The van der Waals surface area contributed by atoms with Gasteiger partial charge < -0.3 is 24.8 Å². The molecule has 2 rings (SSSR count). The predicted octanol–water partition coefficient (Wildman–Crippen LogP) is 2.82. The summed E-state index contributed by atoms with van der Waals surface area (Å²) in [5.74, 6) is -1.88. The number of phenolic OH excluding ortho intramolecular Hbond substituents is 2. The lowest BCUT2D eigenvalue weighted by atomic mass is 10.2. The van der Waals surface area contributed by atoms with Gasteiger partial charge in [-0.05, 0) is 47.5 Å². The summed E-state index contributed by atoms with van der Waals surface area (Å²) < 4.78 is 10.3. The molecule has 0 saturated carbocycles. The van der Waals surface area contributed by atoms with Gasteiger partial charge in [0.2, 0.25) is 0 Å². The SMILES string of the molecule is COc1cc(C=CC(=O)O)ccc1OC(=O)C=Cc1ccc(O)c(O)c1. The lowest BCUT2D eigenvalue weighted by Gasteiger charge is -2.08. The third-order valence-electron chi connectivity index (χ3n) is 3.23. The van der Waals surface area contributed by atoms with Crippen LogP contribution in [0.25, 0.3) is 12.2 Å². The Balaban J connectivity index is 2.11. The van der Waals surface area contributed by atoms with Crippen molar-refractivity contribution in [1.29, 1.82) is 0 Å². The number of carboxylic acid groups (broad SMARTS) is 1. The van der Waals surface area contributed by atoms with E-state index in [9.17, 15) is 19.8 Å². The molecule has 0 saturated heterocycles. The lowest BCUT2D eigenvalue weighted by molar-refractivity contribution is -0.131. The minimum atomic E-state index is -1.08. The number of methoxy groups -OCH3 is 1. The first kappa shape index (κ1) is 18.6. The van der Waals surface area contributed by atoms with Crippen molar-refractivity contribution < 1.29 is 34.4 Å². The molecule has 0 fully saturated rings. The molecule has 7 nitrogen and oxygen atoms in total. The fourth-order valence-electron chi connectivity index (χ4n) is 1.99. The Bertz CT molecular complexity index is 881. The molecule has 0 spiro atoms. The quantitative estimate of drug-likeness (QED) is 0.316. The highest BCUT2D eigenvalue weighted by Crippen LogP contribution is 2.29. The van der Waals surface area contributed by atoms with Gasteiger partial charge in [0.1, 0.15) is 0 Å². The minimum absolute atomic E-state index is 0.170. The number of carboxylic acids is 1. The largest absolute Gasteiger partial charge is 0.504 e. The number of aromatic hydroxyl groups is 2. The molecule has 2 aromatic carbocycles. The van der Waals surface area contributed by atoms with Gasteiger partial charge in [-0.25, -0.2) is 9.59 Å². The highest BCUT2D eigenvalue weighted by Gasteiger charge is 2.09. The summed E-state index contributed by atoms with van der Waals surface area (Å²) in [5.41, 5.74) is 1.07. The molecule has 0 unspecified atom stereocenters. The van der Waals surface area contributed by atoms with E-state index < -0.39 is 11.9 Å². The Hall–Kier alpha value is -3.74. The maximum absolute atomic E-state index is 11.9. The normalized spacial score (nSPS) is 11.0. The van der Waals surface area contributed by atoms with Crippen molar-refractivity contribution in [2.45, 2.75) is 0 Å². The molecule has 134 valence electrons. The molecule has 0 radical (unpaired) electrons. The third-order valence-corrected chi connectivity index (χ3v) is 3.23. The molecule has 2 aromatic rings. The number of benzene rings is 2. The Morgan fingerprint density at radius 2 is 1.54 bits per heavy atom. The van der Waals surface area contributed by atoms with E-state index in [1.165, 1.54) is 49.6 Å². The van der Waals surface area contributed by atoms with Gasteiger partial charge in [0.25, 0.3) is 0 Å². The molecule has 0 aliphatic carbocycles. The monoisotopic (exact) mass is 356 g/mol. The average molecular weight is 356 g/mol. The van der Waals surface area contributed by atoms with Crippen LogP contribution < -0.4 is 9.47 Å². The second-order valence-corrected chi connectivity index (χ2v) is 5.08. The van der Waals surface area contributed by atoms with Gasteiger partial charge in [-0.1, -0.05) is 12.1 Å². The van der Waals surface area contributed by atoms with Crippen LogP contribution in [0.2, 0.25) is 0 Å². The van der Waals surface area contributed by atoms with Gasteiger partial charge in [-0.15, -0.1) is 0 Å². The standard InChI is InChI=1S/C19H16O7/c1-25-17-11-13(4-8-18(22)23)3-7-16(17)26-19(24)9-5-12-2-6-14(20)15(21)10-12/h2-11,20-21H,1H3,(H,22,23). The number of phenols is 2. The number of esters is 1. The van der Waals surface area contributed by atoms with Crippen molar-refractivity contribution in [3.8, 4) is 23.0 Å². The molecule has 0 aliphatic heterocycles. The van der Waals surface area contributed by atoms with Gasteiger partial charge in [0.15, 0.2) is 23.0 Å². The van der Waals surface area contributed by atoms with Crippen molar-refractivity contribution in [3.05, 3.63) is 59.7 Å². The topological polar surface area (TPSA) is 113 Å². The lowest BCUT2D eigenvalue weighted by Crippen LogP contribution is -2.05. The van der Waals surface area contributed by atoms with Crippen LogP contribution in [-0.4, -0.2) is 34.4 Å². The summed E-state index contributed by atoms with van der Waals surface area (Å²) >= 11 is 0. The summed E-state index contributed by atoms with van der Waals surface area (Å²) in [5, 5.41) is 27.3. The second kappa shape index (κ2) is 8.39. The Labute approximate surface area is 149 Å². The molecule has 0 atom stereocenters. The smallest absolute Gasteiger partial charge is 0.336 e. The van der Waals surface area contributed by atoms with E-state index in [0.717, 1.165) is 12.2 Å². The summed E-state index contributed by atoms with van der Waals surface area (Å²) in [7, 11) is 1.40. The van der Waals surface area contributed by atoms with E-state index in [4.69, 9.17) is 14.6 Å². The van der Waals surface area contributed by atoms with E-state index in [1.54, 1.807) is 6.07 Å². The van der Waals surface area contributed by atoms with Crippen molar-refractivity contribution in [1.82, 2.24) is 0 Å². The zero-order chi connectivity index (χ0) is 19.1. The molecule has 0 aromatic heterocycles. The number of rotatable bonds is 6. The van der Waals surface area contributed by atoms with Crippen molar-refractivity contribution in [2.24, 2.45) is 0 Å². The first-order chi connectivity index (χ1) is 12.4. The summed E-state index contributed by atoms with van der Waals surface area (Å²) in [6.07, 6.45) is 4.94. The van der Waals surface area contributed by atoms with Crippen LogP contribution in [-0.2, 0) is 9.59 Å². The van der Waals surface area contributed by atoms with Gasteiger partial charge >= 0.3 is 11.9 Å². The van der Waals surface area contributed by atoms with Crippen LogP contribution >= 0.6 is 0 Å². The number of carbonyl (C=O) groups excluding carboxylic acids is 1.